The minimum Gasteiger partial charge on any atom is -0.479 e. The third kappa shape index (κ3) is 36.1. The molecule has 1 rings (SSSR count). The van der Waals surface area contributed by atoms with Crippen LogP contribution < -0.4 is 0 Å². The highest BCUT2D eigenvalue weighted by atomic mass is 16.7. The lowest BCUT2D eigenvalue weighted by molar-refractivity contribution is -0.301. The Morgan fingerprint density at radius 1 is 0.493 bits per heavy atom. The predicted molar refractivity (Wildman–Crippen MR) is 275 cm³/mol. The molecule has 0 radical (unpaired) electrons. The van der Waals surface area contributed by atoms with Gasteiger partial charge in [0.1, 0.15) is 18.8 Å². The van der Waals surface area contributed by atoms with E-state index in [1.807, 2.05) is 0 Å². The Balaban J connectivity index is 2.70. The highest BCUT2D eigenvalue weighted by Gasteiger charge is 2.50. The van der Waals surface area contributed by atoms with Gasteiger partial charge >= 0.3 is 23.9 Å². The third-order valence-electron chi connectivity index (χ3n) is 12.0. The second-order valence-corrected chi connectivity index (χ2v) is 18.5. The summed E-state index contributed by atoms with van der Waals surface area (Å²) in [6.45, 7) is 5.76. The van der Waals surface area contributed by atoms with Crippen molar-refractivity contribution in [3.05, 3.63) is 60.8 Å². The number of esters is 3. The Morgan fingerprint density at radius 2 is 0.913 bits per heavy atom. The number of aliphatic hydroxyl groups excluding tert-OH is 2. The molecule has 3 N–H and O–H groups in total. The molecule has 1 aliphatic heterocycles. The van der Waals surface area contributed by atoms with E-state index >= 15 is 0 Å². The van der Waals surface area contributed by atoms with E-state index < -0.39 is 67.3 Å². The molecule has 12 nitrogen and oxygen atoms in total. The molecule has 396 valence electrons. The van der Waals surface area contributed by atoms with Gasteiger partial charge in [-0.3, -0.25) is 14.4 Å². The normalized spacial score (nSPS) is 19.1. The van der Waals surface area contributed by atoms with E-state index in [2.05, 4.69) is 81.5 Å². The highest BCUT2D eigenvalue weighted by Crippen LogP contribution is 2.26. The van der Waals surface area contributed by atoms with Crippen molar-refractivity contribution in [1.82, 2.24) is 0 Å². The molecule has 1 aliphatic rings. The monoisotopic (exact) mass is 973 g/mol. The average molecular weight is 973 g/mol. The quantitative estimate of drug-likeness (QED) is 0.0228. The lowest BCUT2D eigenvalue weighted by Crippen LogP contribution is -2.61. The van der Waals surface area contributed by atoms with Crippen molar-refractivity contribution in [2.75, 3.05) is 13.2 Å². The summed E-state index contributed by atoms with van der Waals surface area (Å²) in [6, 6.07) is 0. The summed E-state index contributed by atoms with van der Waals surface area (Å²) in [5.74, 6) is -3.16. The number of ether oxygens (including phenoxy) is 5. The summed E-state index contributed by atoms with van der Waals surface area (Å²) >= 11 is 0. The van der Waals surface area contributed by atoms with Crippen LogP contribution in [0.2, 0.25) is 0 Å². The van der Waals surface area contributed by atoms with Crippen molar-refractivity contribution in [2.45, 2.75) is 263 Å². The average Bonchev–Trinajstić information content (AvgIpc) is 3.33. The zero-order valence-electron chi connectivity index (χ0n) is 43.3. The minimum atomic E-state index is -1.91. The first kappa shape index (κ1) is 63.4. The van der Waals surface area contributed by atoms with E-state index in [4.69, 9.17) is 23.7 Å². The van der Waals surface area contributed by atoms with Crippen molar-refractivity contribution in [3.63, 3.8) is 0 Å². The lowest BCUT2D eigenvalue weighted by atomic mass is 9.98. The molecule has 12 heteroatoms. The van der Waals surface area contributed by atoms with Crippen molar-refractivity contribution in [1.29, 1.82) is 0 Å². The number of allylic oxidation sites excluding steroid dienone is 10. The SMILES string of the molecule is CC/C=C\C/C=C\C/C=C\CCCCCCCCCC(=O)OC1C(OCC(COC(=O)CCCCCCC/C=C\CCCC)OC(=O)CCCCCCC/C=C\CCCC)OC(C(=O)O)C(O)C1O. The number of unbranched alkanes of at least 4 members (excludes halogenated alkanes) is 21. The Labute approximate surface area is 417 Å². The van der Waals surface area contributed by atoms with E-state index in [0.717, 1.165) is 141 Å². The van der Waals surface area contributed by atoms with Crippen LogP contribution in [0, 0.1) is 0 Å². The second kappa shape index (κ2) is 45.6. The van der Waals surface area contributed by atoms with Crippen LogP contribution in [0.5, 0.6) is 0 Å². The number of rotatable bonds is 45. The van der Waals surface area contributed by atoms with Crippen LogP contribution in [0.25, 0.3) is 0 Å². The van der Waals surface area contributed by atoms with E-state index in [1.165, 1.54) is 25.7 Å². The predicted octanol–water partition coefficient (Wildman–Crippen LogP) is 13.2. The summed E-state index contributed by atoms with van der Waals surface area (Å²) in [4.78, 5) is 50.9. The number of aliphatic carboxylic acids is 1. The van der Waals surface area contributed by atoms with Crippen molar-refractivity contribution in [2.24, 2.45) is 0 Å². The fraction of sp³-hybridized carbons (Fsp3) is 0.754. The first-order chi connectivity index (χ1) is 33.6. The maximum Gasteiger partial charge on any atom is 0.335 e. The molecule has 0 aromatic heterocycles. The van der Waals surface area contributed by atoms with Gasteiger partial charge in [0.25, 0.3) is 0 Å². The lowest BCUT2D eigenvalue weighted by Gasteiger charge is -2.40. The first-order valence-corrected chi connectivity index (χ1v) is 27.3. The third-order valence-corrected chi connectivity index (χ3v) is 12.0. The van der Waals surface area contributed by atoms with Crippen LogP contribution in [0.1, 0.15) is 226 Å². The van der Waals surface area contributed by atoms with Crippen molar-refractivity contribution >= 4 is 23.9 Å². The molecule has 0 bridgehead atoms. The molecular weight excluding hydrogens is 877 g/mol. The minimum absolute atomic E-state index is 0.0469. The molecule has 0 amide bonds. The molecule has 1 saturated heterocycles. The summed E-state index contributed by atoms with van der Waals surface area (Å²) in [7, 11) is 0. The van der Waals surface area contributed by atoms with Gasteiger partial charge < -0.3 is 39.0 Å². The Morgan fingerprint density at radius 3 is 1.41 bits per heavy atom. The van der Waals surface area contributed by atoms with Gasteiger partial charge in [0.2, 0.25) is 0 Å². The zero-order chi connectivity index (χ0) is 50.4. The number of hydrogen-bond donors (Lipinski definition) is 3. The largest absolute Gasteiger partial charge is 0.479 e. The van der Waals surface area contributed by atoms with E-state index in [-0.39, 0.29) is 25.9 Å². The van der Waals surface area contributed by atoms with Gasteiger partial charge in [-0.15, -0.1) is 0 Å². The van der Waals surface area contributed by atoms with Gasteiger partial charge in [-0.1, -0.05) is 178 Å². The topological polar surface area (TPSA) is 175 Å². The Kier molecular flexibility index (Phi) is 41.9. The van der Waals surface area contributed by atoms with Gasteiger partial charge in [-0.05, 0) is 89.9 Å². The summed E-state index contributed by atoms with van der Waals surface area (Å²) in [5.41, 5.74) is 0. The molecule has 0 spiro atoms. The first-order valence-electron chi connectivity index (χ1n) is 27.3. The standard InChI is InChI=1S/C57H96O12/c1-4-7-10-13-16-19-22-23-24-25-26-27-30-33-36-39-42-45-51(60)68-55-53(62)52(61)54(56(63)64)69-57(55)66-47-48(67-50(59)44-41-38-35-32-29-21-18-15-12-9-6-3)46-65-49(58)43-40-37-34-31-28-20-17-14-11-8-5-2/h7,10,14-19,23-24,48,52-55,57,61-62H,4-6,8-9,11-13,20-22,25-47H2,1-3H3,(H,63,64)/b10-7-,17-14-,18-15-,19-16-,24-23-. The summed E-state index contributed by atoms with van der Waals surface area (Å²) in [5, 5.41) is 31.4. The van der Waals surface area contributed by atoms with Crippen molar-refractivity contribution < 1.29 is 58.2 Å². The van der Waals surface area contributed by atoms with E-state index in [1.54, 1.807) is 0 Å². The fourth-order valence-corrected chi connectivity index (χ4v) is 7.81. The molecule has 1 fully saturated rings. The van der Waals surface area contributed by atoms with E-state index in [9.17, 15) is 34.5 Å². The van der Waals surface area contributed by atoms with Crippen molar-refractivity contribution in [3.8, 4) is 0 Å². The number of carbonyl (C=O) groups excluding carboxylic acids is 3. The van der Waals surface area contributed by atoms with Gasteiger partial charge in [0.05, 0.1) is 6.61 Å². The van der Waals surface area contributed by atoms with Gasteiger partial charge in [0, 0.05) is 19.3 Å². The van der Waals surface area contributed by atoms with E-state index in [0.29, 0.717) is 19.3 Å². The Hall–Kier alpha value is -3.58. The van der Waals surface area contributed by atoms with Crippen LogP contribution in [-0.4, -0.2) is 89.2 Å². The second-order valence-electron chi connectivity index (χ2n) is 18.5. The molecule has 0 aromatic rings. The highest BCUT2D eigenvalue weighted by molar-refractivity contribution is 5.74. The zero-order valence-corrected chi connectivity index (χ0v) is 43.3. The molecule has 1 heterocycles. The molecule has 6 unspecified atom stereocenters. The molecule has 0 aromatic carbocycles. The number of carboxylic acid groups (broad SMARTS) is 1. The molecule has 6 atom stereocenters. The van der Waals surface area contributed by atoms with Crippen LogP contribution in [0.3, 0.4) is 0 Å². The van der Waals surface area contributed by atoms with Gasteiger partial charge in [0.15, 0.2) is 24.6 Å². The number of aliphatic hydroxyl groups is 2. The van der Waals surface area contributed by atoms with Crippen LogP contribution in [0.4, 0.5) is 0 Å². The van der Waals surface area contributed by atoms with Gasteiger partial charge in [-0.2, -0.15) is 0 Å². The fourth-order valence-electron chi connectivity index (χ4n) is 7.81. The number of carboxylic acids is 1. The summed E-state index contributed by atoms with van der Waals surface area (Å²) in [6.07, 6.45) is 42.1. The van der Waals surface area contributed by atoms with Gasteiger partial charge in [-0.25, -0.2) is 4.79 Å². The summed E-state index contributed by atoms with van der Waals surface area (Å²) < 4.78 is 28.3. The molecule has 0 aliphatic carbocycles. The molecule has 69 heavy (non-hydrogen) atoms. The smallest absolute Gasteiger partial charge is 0.335 e. The van der Waals surface area contributed by atoms with Crippen LogP contribution in [-0.2, 0) is 42.9 Å². The molecule has 0 saturated carbocycles. The van der Waals surface area contributed by atoms with Crippen LogP contribution in [0.15, 0.2) is 60.8 Å². The number of hydrogen-bond acceptors (Lipinski definition) is 11. The van der Waals surface area contributed by atoms with Crippen LogP contribution >= 0.6 is 0 Å². The Bertz CT molecular complexity index is 1440. The maximum absolute atomic E-state index is 13.0. The number of carbonyl (C=O) groups is 4. The maximum atomic E-state index is 13.0. The molecular formula is C57H96O12.